The summed E-state index contributed by atoms with van der Waals surface area (Å²) in [6.07, 6.45) is -4.39. The number of hydrogen-bond donors (Lipinski definition) is 2. The van der Waals surface area contributed by atoms with Crippen molar-refractivity contribution in [3.63, 3.8) is 0 Å². The van der Waals surface area contributed by atoms with Crippen LogP contribution in [0.3, 0.4) is 0 Å². The van der Waals surface area contributed by atoms with Crippen molar-refractivity contribution in [2.24, 2.45) is 5.73 Å². The average molecular weight is 357 g/mol. The maximum absolute atomic E-state index is 12.8. The van der Waals surface area contributed by atoms with Crippen LogP contribution in [-0.4, -0.2) is 17.4 Å². The molecule has 0 aliphatic carbocycles. The summed E-state index contributed by atoms with van der Waals surface area (Å²) in [6, 6.07) is 5.13. The van der Waals surface area contributed by atoms with Crippen molar-refractivity contribution < 1.29 is 18.0 Å². The van der Waals surface area contributed by atoms with Gasteiger partial charge < -0.3 is 11.1 Å². The van der Waals surface area contributed by atoms with Gasteiger partial charge in [0.05, 0.1) is 5.56 Å². The van der Waals surface area contributed by atoms with Gasteiger partial charge in [-0.25, -0.2) is 4.98 Å². The molecule has 0 radical (unpaired) electrons. The van der Waals surface area contributed by atoms with Crippen LogP contribution in [0.15, 0.2) is 29.6 Å². The molecule has 2 aromatic rings. The van der Waals surface area contributed by atoms with E-state index in [0.717, 1.165) is 12.1 Å². The van der Waals surface area contributed by atoms with Crippen molar-refractivity contribution in [3.05, 3.63) is 51.5 Å². The molecule has 1 aromatic heterocycles. The number of halogens is 3. The first-order valence-corrected chi connectivity index (χ1v) is 8.12. The largest absolute Gasteiger partial charge is 0.416 e. The normalized spacial score (nSPS) is 12.2. The zero-order chi connectivity index (χ0) is 18.0. The zero-order valence-corrected chi connectivity index (χ0v) is 14.1. The van der Waals surface area contributed by atoms with Gasteiger partial charge in [0.15, 0.2) is 0 Å². The van der Waals surface area contributed by atoms with E-state index in [1.54, 1.807) is 25.3 Å². The first-order valence-electron chi connectivity index (χ1n) is 7.24. The molecule has 0 bridgehead atoms. The van der Waals surface area contributed by atoms with Crippen LogP contribution in [0, 0.1) is 0 Å². The molecule has 0 aliphatic heterocycles. The summed E-state index contributed by atoms with van der Waals surface area (Å²) in [5.74, 6) is -0.369. The Hall–Kier alpha value is -1.93. The lowest BCUT2D eigenvalue weighted by Gasteiger charge is -2.26. The molecule has 1 amide bonds. The van der Waals surface area contributed by atoms with E-state index in [9.17, 15) is 18.0 Å². The van der Waals surface area contributed by atoms with Crippen LogP contribution in [0.5, 0.6) is 0 Å². The van der Waals surface area contributed by atoms with Gasteiger partial charge in [0, 0.05) is 23.9 Å². The maximum Gasteiger partial charge on any atom is 0.416 e. The number of nitrogens with two attached hydrogens (primary N) is 1. The minimum atomic E-state index is -4.39. The highest BCUT2D eigenvalue weighted by Crippen LogP contribution is 2.32. The van der Waals surface area contributed by atoms with Crippen LogP contribution in [0.25, 0.3) is 0 Å². The molecule has 0 aliphatic rings. The quantitative estimate of drug-likeness (QED) is 0.862. The van der Waals surface area contributed by atoms with Gasteiger partial charge in [-0.15, -0.1) is 11.3 Å². The maximum atomic E-state index is 12.8. The van der Waals surface area contributed by atoms with Crippen LogP contribution in [0.2, 0.25) is 0 Å². The molecule has 1 heterocycles. The van der Waals surface area contributed by atoms with E-state index in [0.29, 0.717) is 10.6 Å². The molecule has 0 fully saturated rings. The fourth-order valence-electron chi connectivity index (χ4n) is 2.12. The monoisotopic (exact) mass is 357 g/mol. The number of hydrogen-bond acceptors (Lipinski definition) is 4. The Morgan fingerprint density at radius 2 is 1.96 bits per heavy atom. The number of alkyl halides is 3. The van der Waals surface area contributed by atoms with Crippen LogP contribution >= 0.6 is 11.3 Å². The van der Waals surface area contributed by atoms with Crippen molar-refractivity contribution >= 4 is 17.2 Å². The van der Waals surface area contributed by atoms with Crippen LogP contribution in [0.4, 0.5) is 13.2 Å². The molecule has 4 nitrogen and oxygen atoms in total. The second-order valence-electron chi connectivity index (χ2n) is 5.98. The summed E-state index contributed by atoms with van der Waals surface area (Å²) >= 11 is 1.29. The molecule has 8 heteroatoms. The summed E-state index contributed by atoms with van der Waals surface area (Å²) in [7, 11) is 0. The highest BCUT2D eigenvalue weighted by Gasteiger charge is 2.32. The fraction of sp³-hybridized carbons (Fsp3) is 0.375. The van der Waals surface area contributed by atoms with E-state index in [-0.39, 0.29) is 24.7 Å². The van der Waals surface area contributed by atoms with Gasteiger partial charge in [-0.2, -0.15) is 13.2 Å². The Labute approximate surface area is 141 Å². The lowest BCUT2D eigenvalue weighted by atomic mass is 9.83. The smallest absolute Gasteiger partial charge is 0.350 e. The third-order valence-electron chi connectivity index (χ3n) is 3.62. The van der Waals surface area contributed by atoms with Crippen molar-refractivity contribution in [1.29, 1.82) is 0 Å². The van der Waals surface area contributed by atoms with E-state index in [4.69, 9.17) is 5.73 Å². The lowest BCUT2D eigenvalue weighted by molar-refractivity contribution is -0.137. The van der Waals surface area contributed by atoms with Gasteiger partial charge in [0.1, 0.15) is 10.7 Å². The molecular weight excluding hydrogens is 339 g/mol. The first-order chi connectivity index (χ1) is 11.1. The topological polar surface area (TPSA) is 68.0 Å². The van der Waals surface area contributed by atoms with Crippen molar-refractivity contribution in [1.82, 2.24) is 10.3 Å². The van der Waals surface area contributed by atoms with Crippen LogP contribution in [0.1, 0.15) is 40.5 Å². The number of nitrogens with zero attached hydrogens (tertiary/aromatic N) is 1. The van der Waals surface area contributed by atoms with Crippen molar-refractivity contribution in [2.75, 3.05) is 6.54 Å². The number of benzene rings is 1. The Kier molecular flexibility index (Phi) is 5.29. The molecule has 24 heavy (non-hydrogen) atoms. The number of aromatic nitrogens is 1. The van der Waals surface area contributed by atoms with Gasteiger partial charge >= 0.3 is 6.18 Å². The molecular formula is C16H18F3N3OS. The summed E-state index contributed by atoms with van der Waals surface area (Å²) < 4.78 is 38.5. The zero-order valence-electron chi connectivity index (χ0n) is 13.3. The summed E-state index contributed by atoms with van der Waals surface area (Å²) in [5.41, 5.74) is 4.85. The third-order valence-corrected chi connectivity index (χ3v) is 4.49. The van der Waals surface area contributed by atoms with E-state index in [2.05, 4.69) is 10.3 Å². The highest BCUT2D eigenvalue weighted by atomic mass is 32.1. The predicted octanol–water partition coefficient (Wildman–Crippen LogP) is 3.33. The third kappa shape index (κ3) is 4.33. The second-order valence-corrected chi connectivity index (χ2v) is 6.92. The van der Waals surface area contributed by atoms with Crippen LogP contribution < -0.4 is 11.1 Å². The number of carbonyl (C=O) groups excluding carboxylic acids is 1. The molecule has 0 spiro atoms. The van der Waals surface area contributed by atoms with Gasteiger partial charge in [-0.3, -0.25) is 4.79 Å². The summed E-state index contributed by atoms with van der Waals surface area (Å²) in [4.78, 5) is 16.2. The van der Waals surface area contributed by atoms with E-state index in [1.807, 2.05) is 0 Å². The van der Waals surface area contributed by atoms with Gasteiger partial charge in [-0.05, 0) is 11.6 Å². The predicted molar refractivity (Wildman–Crippen MR) is 86.8 cm³/mol. The van der Waals surface area contributed by atoms with Gasteiger partial charge in [-0.1, -0.05) is 32.0 Å². The molecule has 0 atom stereocenters. The minimum absolute atomic E-state index is 0.183. The molecule has 0 saturated carbocycles. The van der Waals surface area contributed by atoms with Crippen LogP contribution in [-0.2, 0) is 18.1 Å². The average Bonchev–Trinajstić information content (AvgIpc) is 3.01. The SMILES string of the molecule is CC(C)(CNC(=O)c1csc(CN)n1)c1cccc(C(F)(F)F)c1. The molecule has 3 N–H and O–H groups in total. The second kappa shape index (κ2) is 6.90. The van der Waals surface area contributed by atoms with Gasteiger partial charge in [0.25, 0.3) is 5.91 Å². The Morgan fingerprint density at radius 1 is 1.29 bits per heavy atom. The minimum Gasteiger partial charge on any atom is -0.350 e. The Bertz CT molecular complexity index is 725. The van der Waals surface area contributed by atoms with E-state index in [1.165, 1.54) is 17.4 Å². The first kappa shape index (κ1) is 18.4. The summed E-state index contributed by atoms with van der Waals surface area (Å²) in [5, 5.41) is 4.97. The molecule has 0 unspecified atom stereocenters. The van der Waals surface area contributed by atoms with Crippen molar-refractivity contribution in [3.8, 4) is 0 Å². The molecule has 130 valence electrons. The molecule has 1 aromatic carbocycles. The fourth-order valence-corrected chi connectivity index (χ4v) is 2.77. The Balaban J connectivity index is 2.09. The number of thiazole rings is 1. The number of amides is 1. The molecule has 0 saturated heterocycles. The number of nitrogens with one attached hydrogen (secondary N) is 1. The summed E-state index contributed by atoms with van der Waals surface area (Å²) in [6.45, 7) is 3.99. The standard InChI is InChI=1S/C16H18F3N3OS/c1-15(2,10-4-3-5-11(6-10)16(17,18)19)9-21-14(23)12-8-24-13(7-20)22-12/h3-6,8H,7,9,20H2,1-2H3,(H,21,23). The van der Waals surface area contributed by atoms with E-state index < -0.39 is 17.2 Å². The number of carbonyl (C=O) groups is 1. The van der Waals surface area contributed by atoms with E-state index >= 15 is 0 Å². The highest BCUT2D eigenvalue weighted by molar-refractivity contribution is 7.09. The van der Waals surface area contributed by atoms with Crippen molar-refractivity contribution in [2.45, 2.75) is 32.0 Å². The van der Waals surface area contributed by atoms with Gasteiger partial charge in [0.2, 0.25) is 0 Å². The Morgan fingerprint density at radius 3 is 2.54 bits per heavy atom. The number of rotatable bonds is 5. The lowest BCUT2D eigenvalue weighted by Crippen LogP contribution is -2.37. The molecule has 2 rings (SSSR count).